The molecule has 1 aliphatic carbocycles. The molecule has 20 heavy (non-hydrogen) atoms. The molecule has 1 fully saturated rings. The van der Waals surface area contributed by atoms with Gasteiger partial charge in [-0.05, 0) is 31.7 Å². The van der Waals surface area contributed by atoms with Crippen molar-refractivity contribution in [3.63, 3.8) is 0 Å². The van der Waals surface area contributed by atoms with Gasteiger partial charge in [0.05, 0.1) is 12.2 Å². The second kappa shape index (κ2) is 9.20. The zero-order chi connectivity index (χ0) is 13.5. The Morgan fingerprint density at radius 1 is 1.45 bits per heavy atom. The molecule has 1 heterocycles. The highest BCUT2D eigenvalue weighted by Crippen LogP contribution is 2.33. The topological polar surface area (TPSA) is 54.2 Å². The first-order valence-electron chi connectivity index (χ1n) is 7.28. The predicted molar refractivity (Wildman–Crippen MR) is 93.4 cm³/mol. The smallest absolute Gasteiger partial charge is 0.191 e. The molecule has 114 valence electrons. The highest BCUT2D eigenvalue weighted by Gasteiger charge is 2.19. The first kappa shape index (κ1) is 17.3. The molecule has 0 aromatic carbocycles. The van der Waals surface area contributed by atoms with Crippen molar-refractivity contribution in [1.82, 2.24) is 20.4 Å². The summed E-state index contributed by atoms with van der Waals surface area (Å²) in [5.41, 5.74) is 1.12. The summed E-state index contributed by atoms with van der Waals surface area (Å²) in [6.45, 7) is 4.65. The van der Waals surface area contributed by atoms with Crippen LogP contribution in [0.25, 0.3) is 0 Å². The molecule has 2 rings (SSSR count). The summed E-state index contributed by atoms with van der Waals surface area (Å²) in [5, 5.41) is 10.8. The molecule has 1 aromatic rings. The number of aliphatic imine (C=N–C) groups is 1. The van der Waals surface area contributed by atoms with Gasteiger partial charge in [-0.25, -0.2) is 4.99 Å². The Kier molecular flexibility index (Phi) is 7.94. The minimum Gasteiger partial charge on any atom is -0.357 e. The van der Waals surface area contributed by atoms with Crippen LogP contribution in [-0.2, 0) is 13.6 Å². The van der Waals surface area contributed by atoms with Gasteiger partial charge in [0, 0.05) is 26.3 Å². The van der Waals surface area contributed by atoms with E-state index in [1.54, 1.807) is 6.20 Å². The van der Waals surface area contributed by atoms with Crippen LogP contribution >= 0.6 is 24.0 Å². The summed E-state index contributed by atoms with van der Waals surface area (Å²) in [4.78, 5) is 4.58. The average Bonchev–Trinajstić information content (AvgIpc) is 3.14. The van der Waals surface area contributed by atoms with Gasteiger partial charge in [-0.1, -0.05) is 12.8 Å². The third kappa shape index (κ3) is 6.11. The van der Waals surface area contributed by atoms with E-state index in [1.807, 2.05) is 17.8 Å². The molecule has 0 saturated heterocycles. The summed E-state index contributed by atoms with van der Waals surface area (Å²) in [6.07, 6.45) is 7.28. The average molecular weight is 391 g/mol. The van der Waals surface area contributed by atoms with E-state index in [0.29, 0.717) is 6.54 Å². The Bertz CT molecular complexity index is 411. The molecule has 0 aliphatic heterocycles. The molecule has 0 unspecified atom stereocenters. The van der Waals surface area contributed by atoms with Crippen LogP contribution < -0.4 is 10.6 Å². The summed E-state index contributed by atoms with van der Waals surface area (Å²) in [7, 11) is 1.95. The Labute approximate surface area is 138 Å². The van der Waals surface area contributed by atoms with E-state index in [2.05, 4.69) is 27.6 Å². The molecule has 1 aliphatic rings. The minimum atomic E-state index is 0. The number of guanidine groups is 1. The van der Waals surface area contributed by atoms with E-state index in [0.717, 1.165) is 30.7 Å². The van der Waals surface area contributed by atoms with Gasteiger partial charge in [0.2, 0.25) is 0 Å². The van der Waals surface area contributed by atoms with Gasteiger partial charge in [0.15, 0.2) is 5.96 Å². The molecule has 2 N–H and O–H groups in total. The van der Waals surface area contributed by atoms with Crippen LogP contribution in [0.2, 0.25) is 0 Å². The fourth-order valence-corrected chi connectivity index (χ4v) is 2.06. The van der Waals surface area contributed by atoms with E-state index < -0.39 is 0 Å². The highest BCUT2D eigenvalue weighted by molar-refractivity contribution is 14.0. The van der Waals surface area contributed by atoms with Crippen LogP contribution in [-0.4, -0.2) is 28.8 Å². The van der Waals surface area contributed by atoms with Crippen molar-refractivity contribution in [2.45, 2.75) is 39.2 Å². The number of halogens is 1. The maximum absolute atomic E-state index is 4.58. The molecule has 1 saturated carbocycles. The highest BCUT2D eigenvalue weighted by atomic mass is 127. The van der Waals surface area contributed by atoms with E-state index >= 15 is 0 Å². The van der Waals surface area contributed by atoms with Crippen molar-refractivity contribution in [2.24, 2.45) is 18.0 Å². The van der Waals surface area contributed by atoms with Crippen LogP contribution in [0.15, 0.2) is 17.3 Å². The zero-order valence-electron chi connectivity index (χ0n) is 12.4. The monoisotopic (exact) mass is 391 g/mol. The molecule has 0 amide bonds. The normalized spacial score (nSPS) is 14.8. The fraction of sp³-hybridized carbons (Fsp3) is 0.714. The van der Waals surface area contributed by atoms with Crippen molar-refractivity contribution in [3.8, 4) is 0 Å². The third-order valence-corrected chi connectivity index (χ3v) is 3.44. The number of rotatable bonds is 7. The molecule has 6 heteroatoms. The second-order valence-electron chi connectivity index (χ2n) is 5.15. The Morgan fingerprint density at radius 2 is 2.25 bits per heavy atom. The molecular formula is C14H26IN5. The van der Waals surface area contributed by atoms with Gasteiger partial charge in [-0.15, -0.1) is 24.0 Å². The van der Waals surface area contributed by atoms with E-state index in [4.69, 9.17) is 0 Å². The largest absolute Gasteiger partial charge is 0.357 e. The van der Waals surface area contributed by atoms with E-state index in [9.17, 15) is 0 Å². The summed E-state index contributed by atoms with van der Waals surface area (Å²) in [6, 6.07) is 2.00. The van der Waals surface area contributed by atoms with Crippen molar-refractivity contribution in [2.75, 3.05) is 13.1 Å². The molecule has 0 radical (unpaired) electrons. The van der Waals surface area contributed by atoms with Gasteiger partial charge in [0.25, 0.3) is 0 Å². The number of aryl methyl sites for hydroxylation is 1. The second-order valence-corrected chi connectivity index (χ2v) is 5.15. The minimum absolute atomic E-state index is 0. The first-order valence-corrected chi connectivity index (χ1v) is 7.28. The fourth-order valence-electron chi connectivity index (χ4n) is 2.06. The van der Waals surface area contributed by atoms with Crippen LogP contribution in [0.4, 0.5) is 0 Å². The quantitative estimate of drug-likeness (QED) is 0.325. The van der Waals surface area contributed by atoms with Crippen molar-refractivity contribution < 1.29 is 0 Å². The predicted octanol–water partition coefficient (Wildman–Crippen LogP) is 2.28. The van der Waals surface area contributed by atoms with Gasteiger partial charge in [-0.2, -0.15) is 5.10 Å². The van der Waals surface area contributed by atoms with Crippen LogP contribution in [0.5, 0.6) is 0 Å². The zero-order valence-corrected chi connectivity index (χ0v) is 14.8. The summed E-state index contributed by atoms with van der Waals surface area (Å²) < 4.78 is 1.86. The van der Waals surface area contributed by atoms with Gasteiger partial charge in [0.1, 0.15) is 0 Å². The van der Waals surface area contributed by atoms with Crippen LogP contribution in [0.3, 0.4) is 0 Å². The van der Waals surface area contributed by atoms with Gasteiger partial charge >= 0.3 is 0 Å². The van der Waals surface area contributed by atoms with E-state index in [1.165, 1.54) is 25.7 Å². The van der Waals surface area contributed by atoms with E-state index in [-0.39, 0.29) is 24.0 Å². The van der Waals surface area contributed by atoms with Gasteiger partial charge in [-0.3, -0.25) is 4.68 Å². The molecule has 0 atom stereocenters. The molecule has 0 bridgehead atoms. The van der Waals surface area contributed by atoms with Crippen molar-refractivity contribution >= 4 is 29.9 Å². The van der Waals surface area contributed by atoms with Gasteiger partial charge < -0.3 is 10.6 Å². The summed E-state index contributed by atoms with van der Waals surface area (Å²) >= 11 is 0. The molecule has 1 aromatic heterocycles. The maximum atomic E-state index is 4.58. The molecule has 5 nitrogen and oxygen atoms in total. The lowest BCUT2D eigenvalue weighted by molar-refractivity contribution is 0.643. The number of hydrogen-bond acceptors (Lipinski definition) is 2. The number of nitrogens with zero attached hydrogens (tertiary/aromatic N) is 3. The number of nitrogens with one attached hydrogen (secondary N) is 2. The first-order chi connectivity index (χ1) is 9.29. The van der Waals surface area contributed by atoms with Crippen LogP contribution in [0.1, 0.15) is 38.3 Å². The third-order valence-electron chi connectivity index (χ3n) is 3.44. The number of hydrogen-bond donors (Lipinski definition) is 2. The lowest BCUT2D eigenvalue weighted by Gasteiger charge is -2.11. The van der Waals surface area contributed by atoms with Crippen molar-refractivity contribution in [1.29, 1.82) is 0 Å². The lowest BCUT2D eigenvalue weighted by atomic mass is 10.2. The molecule has 0 spiro atoms. The standard InChI is InChI=1S/C14H25N5.HI/c1-3-15-14(16-9-4-5-12-6-7-12)17-11-13-8-10-18-19(13)2;/h8,10,12H,3-7,9,11H2,1-2H3,(H2,15,16,17);1H. The summed E-state index contributed by atoms with van der Waals surface area (Å²) in [5.74, 6) is 1.91. The maximum Gasteiger partial charge on any atom is 0.191 e. The number of aromatic nitrogens is 2. The van der Waals surface area contributed by atoms with Crippen LogP contribution in [0, 0.1) is 5.92 Å². The molecular weight excluding hydrogens is 365 g/mol. The van der Waals surface area contributed by atoms with Crippen molar-refractivity contribution in [3.05, 3.63) is 18.0 Å². The Balaban J connectivity index is 0.00000200. The lowest BCUT2D eigenvalue weighted by Crippen LogP contribution is -2.37. The Hall–Kier alpha value is -0.790. The SMILES string of the molecule is CCNC(=NCc1ccnn1C)NCCCC1CC1.I. The Morgan fingerprint density at radius 3 is 2.85 bits per heavy atom.